The van der Waals surface area contributed by atoms with Gasteiger partial charge in [-0.05, 0) is 0 Å². The molecule has 0 bridgehead atoms. The van der Waals surface area contributed by atoms with Gasteiger partial charge in [0.05, 0.1) is 0 Å². The van der Waals surface area contributed by atoms with Crippen molar-refractivity contribution in [3.05, 3.63) is 53.5 Å². The summed E-state index contributed by atoms with van der Waals surface area (Å²) < 4.78 is 19.8. The van der Waals surface area contributed by atoms with Crippen LogP contribution < -0.4 is 3.78 Å². The molecule has 0 radical (unpaired) electrons. The van der Waals surface area contributed by atoms with E-state index in [1.54, 1.807) is 12.1 Å². The zero-order valence-corrected chi connectivity index (χ0v) is 13.3. The molecule has 1 nitrogen and oxygen atoms in total. The van der Waals surface area contributed by atoms with Crippen molar-refractivity contribution in [2.24, 2.45) is 0 Å². The van der Waals surface area contributed by atoms with Gasteiger partial charge in [0.25, 0.3) is 0 Å². The molecule has 1 aromatic heterocycles. The van der Waals surface area contributed by atoms with Gasteiger partial charge in [-0.25, -0.2) is 0 Å². The van der Waals surface area contributed by atoms with Gasteiger partial charge in [-0.1, -0.05) is 0 Å². The summed E-state index contributed by atoms with van der Waals surface area (Å²) in [4.78, 5) is 6.99. The molecule has 0 unspecified atom stereocenters. The first-order chi connectivity index (χ1) is 7.95. The van der Waals surface area contributed by atoms with Crippen molar-refractivity contribution in [2.45, 2.75) is 21.2 Å². The quantitative estimate of drug-likeness (QED) is 0.780. The summed E-state index contributed by atoms with van der Waals surface area (Å²) in [5.74, 6) is 0.776. The minimum absolute atomic E-state index is 0.195. The summed E-state index contributed by atoms with van der Waals surface area (Å²) in [5.41, 5.74) is 1.08. The number of benzene rings is 1. The molecule has 0 saturated heterocycles. The maximum absolute atomic E-state index is 12.8. The van der Waals surface area contributed by atoms with Gasteiger partial charge < -0.3 is 0 Å². The van der Waals surface area contributed by atoms with Crippen LogP contribution in [-0.2, 0) is 6.42 Å². The van der Waals surface area contributed by atoms with Gasteiger partial charge in [-0.2, -0.15) is 0 Å². The van der Waals surface area contributed by atoms with Crippen LogP contribution in [0.1, 0.15) is 11.3 Å². The third kappa shape index (κ3) is 3.34. The van der Waals surface area contributed by atoms with Crippen LogP contribution in [0.4, 0.5) is 4.39 Å². The van der Waals surface area contributed by atoms with E-state index in [1.165, 1.54) is 15.9 Å². The van der Waals surface area contributed by atoms with Crippen molar-refractivity contribution < 1.29 is 8.81 Å². The molecule has 17 heavy (non-hydrogen) atoms. The Morgan fingerprint density at radius 1 is 1.00 bits per heavy atom. The van der Waals surface area contributed by atoms with Crippen LogP contribution in [0.2, 0.25) is 14.8 Å². The van der Waals surface area contributed by atoms with Gasteiger partial charge in [0.1, 0.15) is 0 Å². The second-order valence-electron chi connectivity index (χ2n) is 5.32. The Morgan fingerprint density at radius 3 is 2.18 bits per heavy atom. The Bertz CT molecular complexity index is 494. The predicted molar refractivity (Wildman–Crippen MR) is 70.9 cm³/mol. The molecule has 0 amide bonds. The molecule has 90 valence electrons. The van der Waals surface area contributed by atoms with Crippen LogP contribution in [-0.4, -0.2) is 18.4 Å². The van der Waals surface area contributed by atoms with E-state index >= 15 is 0 Å². The number of halogens is 1. The maximum atomic E-state index is 12.8. The summed E-state index contributed by atoms with van der Waals surface area (Å²) in [7, 11) is 0. The Balaban J connectivity index is 2.14. The van der Waals surface area contributed by atoms with Gasteiger partial charge in [0.2, 0.25) is 0 Å². The van der Waals surface area contributed by atoms with Crippen LogP contribution in [0.3, 0.4) is 0 Å². The zero-order chi connectivity index (χ0) is 12.5. The molecule has 1 aromatic carbocycles. The second kappa shape index (κ2) is 4.84. The van der Waals surface area contributed by atoms with E-state index in [9.17, 15) is 4.39 Å². The standard InChI is InChI=1S/C11H8FO.3CH3.Sn/c12-10-5-3-9(4-6-10)8-11-2-1-7-13-11;;;;/h1-6H,8H2;3*1H3;. The van der Waals surface area contributed by atoms with Crippen LogP contribution >= 0.6 is 0 Å². The first-order valence-electron chi connectivity index (χ1n) is 5.79. The molecule has 0 fully saturated rings. The minimum atomic E-state index is -2.08. The molecule has 0 saturated carbocycles. The molecule has 0 atom stereocenters. The fourth-order valence-corrected chi connectivity index (χ4v) is 4.59. The monoisotopic (exact) mass is 340 g/mol. The van der Waals surface area contributed by atoms with E-state index in [1.807, 2.05) is 6.07 Å². The van der Waals surface area contributed by atoms with E-state index < -0.39 is 18.4 Å². The van der Waals surface area contributed by atoms with Crippen LogP contribution in [0.5, 0.6) is 0 Å². The molecular formula is C14H17FOSn. The number of hydrogen-bond donors (Lipinski definition) is 0. The Hall–Kier alpha value is -0.771. The SMILES string of the molecule is [CH3][Sn]([CH3])([CH3])[c]1ccc(Cc2ccc(F)cc2)o1. The van der Waals surface area contributed by atoms with E-state index in [0.29, 0.717) is 0 Å². The Morgan fingerprint density at radius 2 is 1.65 bits per heavy atom. The summed E-state index contributed by atoms with van der Waals surface area (Å²) in [6, 6.07) is 10.7. The average molecular weight is 339 g/mol. The van der Waals surface area contributed by atoms with E-state index in [2.05, 4.69) is 20.9 Å². The van der Waals surface area contributed by atoms with Gasteiger partial charge in [-0.3, -0.25) is 0 Å². The van der Waals surface area contributed by atoms with Gasteiger partial charge >= 0.3 is 106 Å². The molecular weight excluding hydrogens is 322 g/mol. The van der Waals surface area contributed by atoms with Gasteiger partial charge in [-0.15, -0.1) is 0 Å². The molecule has 0 aliphatic heterocycles. The molecule has 3 heteroatoms. The number of rotatable bonds is 3. The second-order valence-corrected chi connectivity index (χ2v) is 19.6. The van der Waals surface area contributed by atoms with Crippen molar-refractivity contribution in [1.82, 2.24) is 0 Å². The predicted octanol–water partition coefficient (Wildman–Crippen LogP) is 3.55. The number of furan rings is 1. The molecule has 0 aliphatic rings. The first kappa shape index (κ1) is 12.7. The Labute approximate surface area is 106 Å². The van der Waals surface area contributed by atoms with Crippen LogP contribution in [0, 0.1) is 5.82 Å². The summed E-state index contributed by atoms with van der Waals surface area (Å²) in [6.07, 6.45) is 0.738. The van der Waals surface area contributed by atoms with Gasteiger partial charge in [0.15, 0.2) is 0 Å². The summed E-state index contributed by atoms with van der Waals surface area (Å²) >= 11 is -2.08. The van der Waals surface area contributed by atoms with E-state index in [-0.39, 0.29) is 5.82 Å². The normalized spacial score (nSPS) is 11.8. The number of hydrogen-bond acceptors (Lipinski definition) is 1. The Kier molecular flexibility index (Phi) is 3.61. The van der Waals surface area contributed by atoms with E-state index in [4.69, 9.17) is 4.42 Å². The third-order valence-electron chi connectivity index (χ3n) is 2.69. The van der Waals surface area contributed by atoms with Crippen molar-refractivity contribution in [2.75, 3.05) is 0 Å². The fraction of sp³-hybridized carbons (Fsp3) is 0.286. The molecule has 0 N–H and O–H groups in total. The summed E-state index contributed by atoms with van der Waals surface area (Å²) in [5, 5.41) is 0. The molecule has 0 spiro atoms. The molecule has 0 aliphatic carbocycles. The molecule has 2 rings (SSSR count). The van der Waals surface area contributed by atoms with E-state index in [0.717, 1.165) is 17.7 Å². The summed E-state index contributed by atoms with van der Waals surface area (Å²) in [6.45, 7) is 0. The van der Waals surface area contributed by atoms with Crippen molar-refractivity contribution >= 4 is 22.2 Å². The zero-order valence-electron chi connectivity index (χ0n) is 10.5. The first-order valence-corrected chi connectivity index (χ1v) is 15.8. The average Bonchev–Trinajstić information content (AvgIpc) is 2.69. The molecule has 1 heterocycles. The van der Waals surface area contributed by atoms with Gasteiger partial charge in [0, 0.05) is 0 Å². The van der Waals surface area contributed by atoms with Crippen LogP contribution in [0.15, 0.2) is 40.8 Å². The van der Waals surface area contributed by atoms with Crippen molar-refractivity contribution in [3.8, 4) is 0 Å². The van der Waals surface area contributed by atoms with Crippen molar-refractivity contribution in [1.29, 1.82) is 0 Å². The van der Waals surface area contributed by atoms with Crippen LogP contribution in [0.25, 0.3) is 0 Å². The fourth-order valence-electron chi connectivity index (χ4n) is 1.68. The third-order valence-corrected chi connectivity index (χ3v) is 7.68. The molecule has 2 aromatic rings. The topological polar surface area (TPSA) is 13.1 Å². The van der Waals surface area contributed by atoms with Crippen molar-refractivity contribution in [3.63, 3.8) is 0 Å².